The van der Waals surface area contributed by atoms with Crippen molar-refractivity contribution in [1.29, 1.82) is 0 Å². The highest BCUT2D eigenvalue weighted by atomic mass is 32.2. The molecule has 2 atom stereocenters. The van der Waals surface area contributed by atoms with Crippen molar-refractivity contribution in [3.63, 3.8) is 0 Å². The lowest BCUT2D eigenvalue weighted by Crippen LogP contribution is -2.47. The maximum Gasteiger partial charge on any atom is 0.328 e. The van der Waals surface area contributed by atoms with E-state index >= 15 is 0 Å². The summed E-state index contributed by atoms with van der Waals surface area (Å²) in [5.74, 6) is 0.00322. The van der Waals surface area contributed by atoms with Crippen LogP contribution in [-0.4, -0.2) is 43.1 Å². The molecule has 0 bridgehead atoms. The topological polar surface area (TPSA) is 81.4 Å². The summed E-state index contributed by atoms with van der Waals surface area (Å²) >= 11 is 1.60. The monoisotopic (exact) mass is 234 g/mol. The summed E-state index contributed by atoms with van der Waals surface area (Å²) in [6.45, 7) is 1.57. The van der Waals surface area contributed by atoms with Gasteiger partial charge in [-0.15, -0.1) is 0 Å². The number of methoxy groups -OCH3 is 1. The number of nitrogens with two attached hydrogens (primary N) is 1. The van der Waals surface area contributed by atoms with E-state index in [4.69, 9.17) is 5.73 Å². The number of nitrogens with one attached hydrogen (secondary N) is 1. The van der Waals surface area contributed by atoms with Crippen LogP contribution in [0.1, 0.15) is 13.3 Å². The molecular weight excluding hydrogens is 216 g/mol. The number of ether oxygens (including phenoxy) is 1. The molecule has 0 aromatic carbocycles. The summed E-state index contributed by atoms with van der Waals surface area (Å²) in [4.78, 5) is 22.6. The van der Waals surface area contributed by atoms with Crippen molar-refractivity contribution in [3.8, 4) is 0 Å². The number of carbonyl (C=O) groups is 2. The molecule has 0 rings (SSSR count). The Kier molecular flexibility index (Phi) is 7.15. The molecule has 0 heterocycles. The van der Waals surface area contributed by atoms with Crippen molar-refractivity contribution in [3.05, 3.63) is 0 Å². The fourth-order valence-electron chi connectivity index (χ4n) is 0.930. The van der Waals surface area contributed by atoms with Gasteiger partial charge >= 0.3 is 5.97 Å². The summed E-state index contributed by atoms with van der Waals surface area (Å²) < 4.78 is 4.59. The minimum absolute atomic E-state index is 0.341. The Balaban J connectivity index is 4.23. The van der Waals surface area contributed by atoms with Gasteiger partial charge in [0.25, 0.3) is 0 Å². The maximum absolute atomic E-state index is 11.3. The Morgan fingerprint density at radius 3 is 2.53 bits per heavy atom. The molecule has 5 nitrogen and oxygen atoms in total. The molecule has 0 saturated heterocycles. The molecule has 2 unspecified atom stereocenters. The number of hydrogen-bond donors (Lipinski definition) is 2. The predicted molar refractivity (Wildman–Crippen MR) is 60.6 cm³/mol. The van der Waals surface area contributed by atoms with Gasteiger partial charge in [-0.25, -0.2) is 4.79 Å². The van der Waals surface area contributed by atoms with E-state index in [2.05, 4.69) is 10.1 Å². The standard InChI is InChI=1S/C9H18N2O3S/c1-6(10)8(12)11-7(4-5-15-3)9(13)14-2/h6-7H,4-5,10H2,1-3H3,(H,11,12). The summed E-state index contributed by atoms with van der Waals surface area (Å²) in [7, 11) is 1.30. The third-order valence-electron chi connectivity index (χ3n) is 1.83. The van der Waals surface area contributed by atoms with Gasteiger partial charge in [0.15, 0.2) is 0 Å². The highest BCUT2D eigenvalue weighted by Crippen LogP contribution is 2.02. The molecular formula is C9H18N2O3S. The van der Waals surface area contributed by atoms with E-state index in [-0.39, 0.29) is 5.91 Å². The molecule has 0 aliphatic rings. The van der Waals surface area contributed by atoms with Crippen LogP contribution < -0.4 is 11.1 Å². The van der Waals surface area contributed by atoms with Gasteiger partial charge in [0.1, 0.15) is 6.04 Å². The second-order valence-corrected chi connectivity index (χ2v) is 4.14. The number of thioether (sulfide) groups is 1. The minimum atomic E-state index is -0.619. The van der Waals surface area contributed by atoms with E-state index in [9.17, 15) is 9.59 Å². The lowest BCUT2D eigenvalue weighted by molar-refractivity contribution is -0.145. The van der Waals surface area contributed by atoms with Crippen LogP contribution in [0.4, 0.5) is 0 Å². The smallest absolute Gasteiger partial charge is 0.328 e. The number of rotatable bonds is 6. The number of carbonyl (C=O) groups excluding carboxylic acids is 2. The van der Waals surface area contributed by atoms with Crippen molar-refractivity contribution in [2.75, 3.05) is 19.1 Å². The highest BCUT2D eigenvalue weighted by molar-refractivity contribution is 7.98. The SMILES string of the molecule is COC(=O)C(CCSC)NC(=O)C(C)N. The van der Waals surface area contributed by atoms with Crippen LogP contribution in [-0.2, 0) is 14.3 Å². The van der Waals surface area contributed by atoms with E-state index in [0.29, 0.717) is 6.42 Å². The molecule has 0 fully saturated rings. The zero-order valence-corrected chi connectivity index (χ0v) is 10.1. The third kappa shape index (κ3) is 5.64. The minimum Gasteiger partial charge on any atom is -0.467 e. The van der Waals surface area contributed by atoms with Crippen LogP contribution in [0.3, 0.4) is 0 Å². The number of amides is 1. The van der Waals surface area contributed by atoms with E-state index < -0.39 is 18.1 Å². The summed E-state index contributed by atoms with van der Waals surface area (Å²) in [6, 6.07) is -1.22. The van der Waals surface area contributed by atoms with Crippen LogP contribution in [0.15, 0.2) is 0 Å². The van der Waals surface area contributed by atoms with Gasteiger partial charge < -0.3 is 15.8 Å². The quantitative estimate of drug-likeness (QED) is 0.619. The van der Waals surface area contributed by atoms with Crippen molar-refractivity contribution in [2.24, 2.45) is 5.73 Å². The Bertz CT molecular complexity index is 221. The molecule has 0 aromatic heterocycles. The molecule has 0 radical (unpaired) electrons. The third-order valence-corrected chi connectivity index (χ3v) is 2.47. The first-order valence-electron chi connectivity index (χ1n) is 4.65. The van der Waals surface area contributed by atoms with Gasteiger partial charge in [-0.05, 0) is 25.4 Å². The summed E-state index contributed by atoms with van der Waals surface area (Å²) in [5, 5.41) is 2.55. The Labute approximate surface area is 94.1 Å². The molecule has 88 valence electrons. The second-order valence-electron chi connectivity index (χ2n) is 3.15. The molecule has 0 aliphatic carbocycles. The van der Waals surface area contributed by atoms with E-state index in [1.165, 1.54) is 7.11 Å². The van der Waals surface area contributed by atoms with Gasteiger partial charge in [-0.3, -0.25) is 4.79 Å². The maximum atomic E-state index is 11.3. The van der Waals surface area contributed by atoms with Gasteiger partial charge in [0.2, 0.25) is 5.91 Å². The first kappa shape index (κ1) is 14.2. The predicted octanol–water partition coefficient (Wildman–Crippen LogP) is -0.255. The largest absolute Gasteiger partial charge is 0.467 e. The molecule has 1 amide bonds. The van der Waals surface area contributed by atoms with Crippen molar-refractivity contribution in [1.82, 2.24) is 5.32 Å². The number of esters is 1. The zero-order valence-electron chi connectivity index (χ0n) is 9.28. The normalized spacial score (nSPS) is 14.1. The van der Waals surface area contributed by atoms with Gasteiger partial charge in [0.05, 0.1) is 13.2 Å². The van der Waals surface area contributed by atoms with E-state index in [1.54, 1.807) is 18.7 Å². The first-order chi connectivity index (χ1) is 7.02. The van der Waals surface area contributed by atoms with Crippen LogP contribution in [0.5, 0.6) is 0 Å². The first-order valence-corrected chi connectivity index (χ1v) is 6.05. The van der Waals surface area contributed by atoms with Crippen molar-refractivity contribution < 1.29 is 14.3 Å². The summed E-state index contributed by atoms with van der Waals surface area (Å²) in [5.41, 5.74) is 5.39. The summed E-state index contributed by atoms with van der Waals surface area (Å²) in [6.07, 6.45) is 2.48. The average molecular weight is 234 g/mol. The Morgan fingerprint density at radius 2 is 2.13 bits per heavy atom. The van der Waals surface area contributed by atoms with E-state index in [1.807, 2.05) is 6.26 Å². The molecule has 0 saturated carbocycles. The lowest BCUT2D eigenvalue weighted by Gasteiger charge is -2.17. The lowest BCUT2D eigenvalue weighted by atomic mass is 10.2. The second kappa shape index (κ2) is 7.53. The fraction of sp³-hybridized carbons (Fsp3) is 0.778. The van der Waals surface area contributed by atoms with Gasteiger partial charge in [-0.1, -0.05) is 0 Å². The molecule has 3 N–H and O–H groups in total. The highest BCUT2D eigenvalue weighted by Gasteiger charge is 2.22. The molecule has 6 heteroatoms. The Morgan fingerprint density at radius 1 is 1.53 bits per heavy atom. The molecule has 0 spiro atoms. The van der Waals surface area contributed by atoms with Gasteiger partial charge in [0, 0.05) is 0 Å². The average Bonchev–Trinajstić information content (AvgIpc) is 2.22. The Hall–Kier alpha value is -0.750. The molecule has 0 aliphatic heterocycles. The molecule has 15 heavy (non-hydrogen) atoms. The van der Waals surface area contributed by atoms with Crippen LogP contribution >= 0.6 is 11.8 Å². The fourth-order valence-corrected chi connectivity index (χ4v) is 1.40. The van der Waals surface area contributed by atoms with Crippen LogP contribution in [0.25, 0.3) is 0 Å². The van der Waals surface area contributed by atoms with E-state index in [0.717, 1.165) is 5.75 Å². The molecule has 0 aromatic rings. The zero-order chi connectivity index (χ0) is 11.8. The number of hydrogen-bond acceptors (Lipinski definition) is 5. The van der Waals surface area contributed by atoms with Crippen molar-refractivity contribution in [2.45, 2.75) is 25.4 Å². The van der Waals surface area contributed by atoms with Crippen LogP contribution in [0, 0.1) is 0 Å². The van der Waals surface area contributed by atoms with Crippen molar-refractivity contribution >= 4 is 23.6 Å². The van der Waals surface area contributed by atoms with Gasteiger partial charge in [-0.2, -0.15) is 11.8 Å². The van der Waals surface area contributed by atoms with Crippen LogP contribution in [0.2, 0.25) is 0 Å².